The van der Waals surface area contributed by atoms with Gasteiger partial charge in [0.2, 0.25) is 0 Å². The first-order valence-corrected chi connectivity index (χ1v) is 9.19. The van der Waals surface area contributed by atoms with Gasteiger partial charge in [-0.25, -0.2) is 4.98 Å². The summed E-state index contributed by atoms with van der Waals surface area (Å²) < 4.78 is 2.28. The Labute approximate surface area is 151 Å². The number of allylic oxidation sites excluding steroid dienone is 1. The van der Waals surface area contributed by atoms with Crippen molar-refractivity contribution in [1.29, 1.82) is 0 Å². The second-order valence-corrected chi connectivity index (χ2v) is 6.24. The second kappa shape index (κ2) is 9.87. The van der Waals surface area contributed by atoms with E-state index in [1.54, 1.807) is 0 Å². The van der Waals surface area contributed by atoms with Crippen molar-refractivity contribution in [2.45, 2.75) is 39.7 Å². The molecule has 25 heavy (non-hydrogen) atoms. The molecule has 0 aliphatic rings. The highest BCUT2D eigenvalue weighted by Gasteiger charge is 2.07. The van der Waals surface area contributed by atoms with Gasteiger partial charge in [-0.15, -0.1) is 6.58 Å². The number of fused-ring (bicyclic) bond motifs is 1. The van der Waals surface area contributed by atoms with Crippen LogP contribution in [0, 0.1) is 6.92 Å². The van der Waals surface area contributed by atoms with Gasteiger partial charge in [0.25, 0.3) is 0 Å². The van der Waals surface area contributed by atoms with Crippen molar-refractivity contribution in [3.63, 3.8) is 0 Å². The molecule has 0 aliphatic heterocycles. The standard InChI is InChI=1S/C20H31N5/c1-5-7-10-15-24(4)20(21-6-2)22-14-11-16-25-17(3)23-18-12-8-9-13-19(18)25/h5,8-9,12-13H,1,6-7,10-11,14-16H2,2-4H3,(H,21,22). The van der Waals surface area contributed by atoms with Crippen LogP contribution in [0.25, 0.3) is 11.0 Å². The Morgan fingerprint density at radius 2 is 2.16 bits per heavy atom. The molecule has 0 bridgehead atoms. The van der Waals surface area contributed by atoms with E-state index >= 15 is 0 Å². The third kappa shape index (κ3) is 5.34. The molecule has 5 heteroatoms. The quantitative estimate of drug-likeness (QED) is 0.328. The van der Waals surface area contributed by atoms with E-state index in [4.69, 9.17) is 4.99 Å². The minimum Gasteiger partial charge on any atom is -0.357 e. The van der Waals surface area contributed by atoms with Crippen LogP contribution in [0.1, 0.15) is 32.0 Å². The van der Waals surface area contributed by atoms with Crippen molar-refractivity contribution < 1.29 is 0 Å². The number of rotatable bonds is 9. The zero-order valence-electron chi connectivity index (χ0n) is 15.8. The number of unbranched alkanes of at least 4 members (excludes halogenated alkanes) is 1. The Hall–Kier alpha value is -2.30. The largest absolute Gasteiger partial charge is 0.357 e. The Bertz CT molecular complexity index is 701. The molecule has 1 aromatic heterocycles. The zero-order valence-corrected chi connectivity index (χ0v) is 15.8. The predicted octanol–water partition coefficient (Wildman–Crippen LogP) is 3.60. The molecular formula is C20H31N5. The molecule has 0 unspecified atom stereocenters. The molecule has 136 valence electrons. The Kier molecular flexibility index (Phi) is 7.51. The average molecular weight is 342 g/mol. The van der Waals surface area contributed by atoms with Gasteiger partial charge in [-0.05, 0) is 45.2 Å². The van der Waals surface area contributed by atoms with Crippen molar-refractivity contribution >= 4 is 17.0 Å². The Morgan fingerprint density at radius 3 is 2.92 bits per heavy atom. The van der Waals surface area contributed by atoms with E-state index in [0.717, 1.165) is 62.7 Å². The van der Waals surface area contributed by atoms with Crippen LogP contribution in [0.3, 0.4) is 0 Å². The lowest BCUT2D eigenvalue weighted by atomic mass is 10.3. The van der Waals surface area contributed by atoms with Gasteiger partial charge in [0.05, 0.1) is 11.0 Å². The van der Waals surface area contributed by atoms with Crippen molar-refractivity contribution in [3.05, 3.63) is 42.7 Å². The monoisotopic (exact) mass is 341 g/mol. The minimum atomic E-state index is 0.806. The molecule has 2 aromatic rings. The number of hydrogen-bond acceptors (Lipinski definition) is 2. The molecule has 0 amide bonds. The molecule has 0 saturated carbocycles. The molecule has 1 heterocycles. The fourth-order valence-electron chi connectivity index (χ4n) is 2.94. The van der Waals surface area contributed by atoms with Gasteiger partial charge < -0.3 is 14.8 Å². The highest BCUT2D eigenvalue weighted by molar-refractivity contribution is 5.79. The third-order valence-corrected chi connectivity index (χ3v) is 4.25. The lowest BCUT2D eigenvalue weighted by Crippen LogP contribution is -2.39. The number of aryl methyl sites for hydroxylation is 2. The Morgan fingerprint density at radius 1 is 1.36 bits per heavy atom. The van der Waals surface area contributed by atoms with Crippen LogP contribution in [0.4, 0.5) is 0 Å². The molecule has 0 saturated heterocycles. The van der Waals surface area contributed by atoms with Gasteiger partial charge in [0, 0.05) is 33.2 Å². The summed E-state index contributed by atoms with van der Waals surface area (Å²) in [5.41, 5.74) is 2.27. The smallest absolute Gasteiger partial charge is 0.193 e. The van der Waals surface area contributed by atoms with Crippen molar-refractivity contribution in [1.82, 2.24) is 19.8 Å². The molecule has 1 aromatic carbocycles. The molecule has 5 nitrogen and oxygen atoms in total. The normalized spacial score (nSPS) is 11.7. The maximum absolute atomic E-state index is 4.77. The Balaban J connectivity index is 1.92. The highest BCUT2D eigenvalue weighted by atomic mass is 15.3. The van der Waals surface area contributed by atoms with E-state index in [1.807, 2.05) is 12.1 Å². The van der Waals surface area contributed by atoms with E-state index in [2.05, 4.69) is 65.4 Å². The van der Waals surface area contributed by atoms with Gasteiger partial charge in [-0.1, -0.05) is 18.2 Å². The molecule has 0 radical (unpaired) electrons. The molecule has 0 fully saturated rings. The fourth-order valence-corrected chi connectivity index (χ4v) is 2.94. The maximum atomic E-state index is 4.77. The number of nitrogens with zero attached hydrogens (tertiary/aromatic N) is 4. The number of hydrogen-bond donors (Lipinski definition) is 1. The summed E-state index contributed by atoms with van der Waals surface area (Å²) >= 11 is 0. The number of guanidine groups is 1. The van der Waals surface area contributed by atoms with E-state index in [9.17, 15) is 0 Å². The molecule has 0 atom stereocenters. The molecule has 1 N–H and O–H groups in total. The molecule has 2 rings (SSSR count). The first kappa shape index (κ1) is 19.0. The molecule has 0 spiro atoms. The van der Waals surface area contributed by atoms with Gasteiger partial charge in [-0.2, -0.15) is 0 Å². The SMILES string of the molecule is C=CCCCN(C)C(=NCCCn1c(C)nc2ccccc21)NCC. The minimum absolute atomic E-state index is 0.806. The number of nitrogens with one attached hydrogen (secondary N) is 1. The summed E-state index contributed by atoms with van der Waals surface area (Å²) in [6.45, 7) is 11.6. The van der Waals surface area contributed by atoms with Crippen molar-refractivity contribution in [2.24, 2.45) is 4.99 Å². The van der Waals surface area contributed by atoms with Crippen LogP contribution in [-0.2, 0) is 6.54 Å². The number of aromatic nitrogens is 2. The fraction of sp³-hybridized carbons (Fsp3) is 0.500. The van der Waals surface area contributed by atoms with Crippen LogP contribution in [0.2, 0.25) is 0 Å². The summed E-state index contributed by atoms with van der Waals surface area (Å²) in [4.78, 5) is 11.6. The lowest BCUT2D eigenvalue weighted by molar-refractivity contribution is 0.469. The van der Waals surface area contributed by atoms with Gasteiger partial charge in [-0.3, -0.25) is 4.99 Å². The average Bonchev–Trinajstić information content (AvgIpc) is 2.93. The zero-order chi connectivity index (χ0) is 18.1. The first-order valence-electron chi connectivity index (χ1n) is 9.19. The van der Waals surface area contributed by atoms with Gasteiger partial charge in [0.15, 0.2) is 5.96 Å². The van der Waals surface area contributed by atoms with Crippen molar-refractivity contribution in [2.75, 3.05) is 26.7 Å². The maximum Gasteiger partial charge on any atom is 0.193 e. The molecular weight excluding hydrogens is 310 g/mol. The van der Waals surface area contributed by atoms with Gasteiger partial charge in [0.1, 0.15) is 5.82 Å². The van der Waals surface area contributed by atoms with Crippen LogP contribution in [-0.4, -0.2) is 47.1 Å². The predicted molar refractivity (Wildman–Crippen MR) is 107 cm³/mol. The first-order chi connectivity index (χ1) is 12.2. The number of aliphatic imine (C=N–C) groups is 1. The highest BCUT2D eigenvalue weighted by Crippen LogP contribution is 2.15. The van der Waals surface area contributed by atoms with E-state index in [-0.39, 0.29) is 0 Å². The van der Waals surface area contributed by atoms with E-state index in [0.29, 0.717) is 0 Å². The lowest BCUT2D eigenvalue weighted by Gasteiger charge is -2.21. The van der Waals surface area contributed by atoms with E-state index < -0.39 is 0 Å². The number of benzene rings is 1. The summed E-state index contributed by atoms with van der Waals surface area (Å²) in [7, 11) is 2.10. The topological polar surface area (TPSA) is 45.5 Å². The van der Waals surface area contributed by atoms with Crippen LogP contribution in [0.15, 0.2) is 41.9 Å². The third-order valence-electron chi connectivity index (χ3n) is 4.25. The van der Waals surface area contributed by atoms with Crippen molar-refractivity contribution in [3.8, 4) is 0 Å². The summed E-state index contributed by atoms with van der Waals surface area (Å²) in [6.07, 6.45) is 5.10. The van der Waals surface area contributed by atoms with Crippen LogP contribution >= 0.6 is 0 Å². The van der Waals surface area contributed by atoms with Gasteiger partial charge >= 0.3 is 0 Å². The van der Waals surface area contributed by atoms with Crippen LogP contribution < -0.4 is 5.32 Å². The van der Waals surface area contributed by atoms with Crippen LogP contribution in [0.5, 0.6) is 0 Å². The summed E-state index contributed by atoms with van der Waals surface area (Å²) in [5.74, 6) is 2.05. The van der Waals surface area contributed by atoms with E-state index in [1.165, 1.54) is 5.52 Å². The molecule has 0 aliphatic carbocycles. The number of imidazole rings is 1. The summed E-state index contributed by atoms with van der Waals surface area (Å²) in [5, 5.41) is 3.37. The number of para-hydroxylation sites is 2. The summed E-state index contributed by atoms with van der Waals surface area (Å²) in [6, 6.07) is 8.31. The second-order valence-electron chi connectivity index (χ2n) is 6.24.